The van der Waals surface area contributed by atoms with E-state index in [0.29, 0.717) is 11.5 Å². The van der Waals surface area contributed by atoms with E-state index in [1.165, 1.54) is 0 Å². The predicted octanol–water partition coefficient (Wildman–Crippen LogP) is 0.823. The molecule has 0 aliphatic heterocycles. The Balaban J connectivity index is 2.17. The average molecular weight is 216 g/mol. The van der Waals surface area contributed by atoms with Gasteiger partial charge in [-0.2, -0.15) is 5.10 Å². The Morgan fingerprint density at radius 3 is 2.94 bits per heavy atom. The van der Waals surface area contributed by atoms with Crippen LogP contribution in [0.2, 0.25) is 0 Å². The monoisotopic (exact) mass is 216 g/mol. The average Bonchev–Trinajstić information content (AvgIpc) is 2.68. The number of nitrogen functional groups attached to an aromatic ring is 1. The van der Waals surface area contributed by atoms with Crippen molar-refractivity contribution in [1.29, 1.82) is 0 Å². The maximum Gasteiger partial charge on any atom is 0.187 e. The Kier molecular flexibility index (Phi) is 2.68. The molecule has 5 nitrogen and oxygen atoms in total. The van der Waals surface area contributed by atoms with Crippen LogP contribution in [0.1, 0.15) is 16.1 Å². The fraction of sp³-hybridized carbons (Fsp3) is 0.182. The highest BCUT2D eigenvalue weighted by Crippen LogP contribution is 2.10. The molecule has 82 valence electrons. The van der Waals surface area contributed by atoms with Crippen molar-refractivity contribution in [2.24, 2.45) is 7.05 Å². The minimum Gasteiger partial charge on any atom is -0.383 e. The molecule has 0 aliphatic carbocycles. The van der Waals surface area contributed by atoms with Gasteiger partial charge in [-0.05, 0) is 12.1 Å². The molecule has 0 radical (unpaired) electrons. The first-order chi connectivity index (χ1) is 7.66. The van der Waals surface area contributed by atoms with Crippen molar-refractivity contribution in [1.82, 2.24) is 14.8 Å². The first-order valence-electron chi connectivity index (χ1n) is 4.89. The van der Waals surface area contributed by atoms with Crippen molar-refractivity contribution in [3.05, 3.63) is 41.9 Å². The number of aryl methyl sites for hydroxylation is 1. The molecule has 0 bridgehead atoms. The first-order valence-corrected chi connectivity index (χ1v) is 4.89. The van der Waals surface area contributed by atoms with E-state index in [1.807, 2.05) is 0 Å². The molecule has 0 aromatic carbocycles. The normalized spacial score (nSPS) is 10.3. The van der Waals surface area contributed by atoms with Crippen LogP contribution in [0.15, 0.2) is 30.6 Å². The molecule has 16 heavy (non-hydrogen) atoms. The molecular formula is C11H12N4O. The van der Waals surface area contributed by atoms with Crippen molar-refractivity contribution in [2.45, 2.75) is 6.42 Å². The lowest BCUT2D eigenvalue weighted by atomic mass is 10.1. The Morgan fingerprint density at radius 1 is 1.50 bits per heavy atom. The third kappa shape index (κ3) is 2.08. The van der Waals surface area contributed by atoms with Crippen molar-refractivity contribution < 1.29 is 4.79 Å². The summed E-state index contributed by atoms with van der Waals surface area (Å²) in [4.78, 5) is 15.8. The minimum absolute atomic E-state index is 0.0553. The van der Waals surface area contributed by atoms with Crippen LogP contribution in [0.3, 0.4) is 0 Å². The van der Waals surface area contributed by atoms with E-state index in [4.69, 9.17) is 5.73 Å². The van der Waals surface area contributed by atoms with Gasteiger partial charge in [0.05, 0.1) is 0 Å². The minimum atomic E-state index is -0.0553. The summed E-state index contributed by atoms with van der Waals surface area (Å²) in [5, 5.41) is 4.04. The van der Waals surface area contributed by atoms with E-state index < -0.39 is 0 Å². The van der Waals surface area contributed by atoms with Gasteiger partial charge in [0.2, 0.25) is 0 Å². The SMILES string of the molecule is Cn1ccc(C(=O)Cc2cccnc2N)n1. The van der Waals surface area contributed by atoms with E-state index in [0.717, 1.165) is 5.56 Å². The predicted molar refractivity (Wildman–Crippen MR) is 59.9 cm³/mol. The molecule has 0 spiro atoms. The number of hydrogen-bond donors (Lipinski definition) is 1. The highest BCUT2D eigenvalue weighted by molar-refractivity contribution is 5.96. The number of Topliss-reactive ketones (excluding diaryl/α,β-unsaturated/α-hetero) is 1. The van der Waals surface area contributed by atoms with Crippen molar-refractivity contribution in [3.8, 4) is 0 Å². The van der Waals surface area contributed by atoms with Gasteiger partial charge in [-0.1, -0.05) is 6.07 Å². The second kappa shape index (κ2) is 4.14. The number of aromatic nitrogens is 3. The van der Waals surface area contributed by atoms with Crippen molar-refractivity contribution in [2.75, 3.05) is 5.73 Å². The van der Waals surface area contributed by atoms with Gasteiger partial charge in [0.15, 0.2) is 5.78 Å². The van der Waals surface area contributed by atoms with Crippen LogP contribution < -0.4 is 5.73 Å². The van der Waals surface area contributed by atoms with Gasteiger partial charge in [-0.15, -0.1) is 0 Å². The number of anilines is 1. The second-order valence-electron chi connectivity index (χ2n) is 3.52. The number of rotatable bonds is 3. The topological polar surface area (TPSA) is 73.8 Å². The molecule has 0 atom stereocenters. The van der Waals surface area contributed by atoms with E-state index >= 15 is 0 Å². The zero-order chi connectivity index (χ0) is 11.5. The van der Waals surface area contributed by atoms with E-state index in [1.54, 1.807) is 42.3 Å². The Morgan fingerprint density at radius 2 is 2.31 bits per heavy atom. The smallest absolute Gasteiger partial charge is 0.187 e. The van der Waals surface area contributed by atoms with Crippen LogP contribution in [0.4, 0.5) is 5.82 Å². The van der Waals surface area contributed by atoms with Crippen LogP contribution in [0, 0.1) is 0 Å². The lowest BCUT2D eigenvalue weighted by Gasteiger charge is -2.01. The third-order valence-electron chi connectivity index (χ3n) is 2.28. The number of carbonyl (C=O) groups is 1. The lowest BCUT2D eigenvalue weighted by Crippen LogP contribution is -2.08. The number of hydrogen-bond acceptors (Lipinski definition) is 4. The van der Waals surface area contributed by atoms with Gasteiger partial charge >= 0.3 is 0 Å². The maximum absolute atomic E-state index is 11.8. The number of pyridine rings is 1. The molecule has 0 fully saturated rings. The Labute approximate surface area is 92.9 Å². The molecule has 0 saturated carbocycles. The molecule has 0 unspecified atom stereocenters. The molecule has 5 heteroatoms. The van der Waals surface area contributed by atoms with Gasteiger partial charge in [0, 0.05) is 31.4 Å². The lowest BCUT2D eigenvalue weighted by molar-refractivity contribution is 0.0987. The molecule has 2 heterocycles. The maximum atomic E-state index is 11.8. The summed E-state index contributed by atoms with van der Waals surface area (Å²) in [5.41, 5.74) is 6.85. The van der Waals surface area contributed by atoms with Gasteiger partial charge in [-0.25, -0.2) is 4.98 Å². The highest BCUT2D eigenvalue weighted by atomic mass is 16.1. The summed E-state index contributed by atoms with van der Waals surface area (Å²) in [6.45, 7) is 0. The van der Waals surface area contributed by atoms with Crippen LogP contribution in [-0.4, -0.2) is 20.5 Å². The summed E-state index contributed by atoms with van der Waals surface area (Å²) >= 11 is 0. The molecule has 2 rings (SSSR count). The van der Waals surface area contributed by atoms with Gasteiger partial charge in [-0.3, -0.25) is 9.48 Å². The molecule has 2 aromatic heterocycles. The Bertz CT molecular complexity index is 518. The summed E-state index contributed by atoms with van der Waals surface area (Å²) in [6, 6.07) is 5.25. The first kappa shape index (κ1) is 10.4. The molecule has 0 saturated heterocycles. The number of carbonyl (C=O) groups excluding carboxylic acids is 1. The third-order valence-corrected chi connectivity index (χ3v) is 2.28. The summed E-state index contributed by atoms with van der Waals surface area (Å²) in [7, 11) is 1.77. The quantitative estimate of drug-likeness (QED) is 0.771. The van der Waals surface area contributed by atoms with Crippen LogP contribution in [0.25, 0.3) is 0 Å². The number of nitrogens with zero attached hydrogens (tertiary/aromatic N) is 3. The molecule has 0 aliphatic rings. The van der Waals surface area contributed by atoms with Crippen molar-refractivity contribution in [3.63, 3.8) is 0 Å². The van der Waals surface area contributed by atoms with Gasteiger partial charge < -0.3 is 5.73 Å². The zero-order valence-electron chi connectivity index (χ0n) is 8.92. The van der Waals surface area contributed by atoms with E-state index in [9.17, 15) is 4.79 Å². The van der Waals surface area contributed by atoms with Crippen LogP contribution in [-0.2, 0) is 13.5 Å². The van der Waals surface area contributed by atoms with E-state index in [-0.39, 0.29) is 12.2 Å². The van der Waals surface area contributed by atoms with E-state index in [2.05, 4.69) is 10.1 Å². The molecule has 2 N–H and O–H groups in total. The molecule has 0 amide bonds. The van der Waals surface area contributed by atoms with Gasteiger partial charge in [0.1, 0.15) is 11.5 Å². The largest absolute Gasteiger partial charge is 0.383 e. The highest BCUT2D eigenvalue weighted by Gasteiger charge is 2.11. The molecule has 2 aromatic rings. The van der Waals surface area contributed by atoms with Crippen LogP contribution >= 0.6 is 0 Å². The fourth-order valence-electron chi connectivity index (χ4n) is 1.43. The van der Waals surface area contributed by atoms with Crippen molar-refractivity contribution >= 4 is 11.6 Å². The number of nitrogens with two attached hydrogens (primary N) is 1. The molecular weight excluding hydrogens is 204 g/mol. The van der Waals surface area contributed by atoms with Gasteiger partial charge in [0.25, 0.3) is 0 Å². The summed E-state index contributed by atoms with van der Waals surface area (Å²) < 4.78 is 1.60. The Hall–Kier alpha value is -2.17. The second-order valence-corrected chi connectivity index (χ2v) is 3.52. The zero-order valence-corrected chi connectivity index (χ0v) is 8.92. The fourth-order valence-corrected chi connectivity index (χ4v) is 1.43. The standard InChI is InChI=1S/C11H12N4O/c1-15-6-4-9(14-15)10(16)7-8-3-2-5-13-11(8)12/h2-6H,7H2,1H3,(H2,12,13). The summed E-state index contributed by atoms with van der Waals surface area (Å²) in [5.74, 6) is 0.340. The number of ketones is 1. The summed E-state index contributed by atoms with van der Waals surface area (Å²) in [6.07, 6.45) is 3.57. The van der Waals surface area contributed by atoms with Crippen LogP contribution in [0.5, 0.6) is 0 Å².